The van der Waals surface area contributed by atoms with Gasteiger partial charge < -0.3 is 15.2 Å². The summed E-state index contributed by atoms with van der Waals surface area (Å²) in [5.41, 5.74) is 6.15. The lowest BCUT2D eigenvalue weighted by molar-refractivity contribution is -0.153. The monoisotopic (exact) mass is 265 g/mol. The molecular formula is C14H19NO4. The number of carbonyl (C=O) groups is 2. The second-order valence-electron chi connectivity index (χ2n) is 4.30. The van der Waals surface area contributed by atoms with Crippen molar-refractivity contribution in [3.63, 3.8) is 0 Å². The maximum Gasteiger partial charge on any atom is 0.306 e. The van der Waals surface area contributed by atoms with Crippen molar-refractivity contribution in [2.75, 3.05) is 6.61 Å². The molecule has 1 rings (SSSR count). The van der Waals surface area contributed by atoms with Gasteiger partial charge in [0.2, 0.25) is 0 Å². The summed E-state index contributed by atoms with van der Waals surface area (Å²) in [7, 11) is 0. The van der Waals surface area contributed by atoms with Crippen LogP contribution in [0.5, 0.6) is 5.75 Å². The molecule has 0 heterocycles. The minimum atomic E-state index is -0.884. The van der Waals surface area contributed by atoms with Gasteiger partial charge in [-0.15, -0.1) is 0 Å². The third-order valence-electron chi connectivity index (χ3n) is 2.52. The Labute approximate surface area is 112 Å². The summed E-state index contributed by atoms with van der Waals surface area (Å²) < 4.78 is 10.3. The average molecular weight is 265 g/mol. The maximum atomic E-state index is 11.3. The van der Waals surface area contributed by atoms with Gasteiger partial charge in [0, 0.05) is 6.42 Å². The molecule has 0 aromatic heterocycles. The molecule has 0 saturated carbocycles. The van der Waals surface area contributed by atoms with Gasteiger partial charge in [-0.05, 0) is 32.4 Å². The first-order chi connectivity index (χ1) is 8.99. The van der Waals surface area contributed by atoms with Crippen molar-refractivity contribution in [1.82, 2.24) is 0 Å². The Balaban J connectivity index is 2.18. The van der Waals surface area contributed by atoms with Crippen LogP contribution in [-0.2, 0) is 14.3 Å². The number of benzene rings is 1. The van der Waals surface area contributed by atoms with Crippen LogP contribution in [0.2, 0.25) is 0 Å². The van der Waals surface area contributed by atoms with Crippen LogP contribution in [0.15, 0.2) is 24.3 Å². The van der Waals surface area contributed by atoms with Crippen LogP contribution in [0.3, 0.4) is 0 Å². The van der Waals surface area contributed by atoms with Crippen LogP contribution in [0, 0.1) is 6.92 Å². The van der Waals surface area contributed by atoms with Crippen LogP contribution in [0.1, 0.15) is 25.3 Å². The van der Waals surface area contributed by atoms with E-state index in [2.05, 4.69) is 0 Å². The highest BCUT2D eigenvalue weighted by Crippen LogP contribution is 2.11. The van der Waals surface area contributed by atoms with E-state index in [0.717, 1.165) is 11.3 Å². The number of amides is 1. The van der Waals surface area contributed by atoms with Crippen molar-refractivity contribution in [2.45, 2.75) is 32.8 Å². The van der Waals surface area contributed by atoms with Gasteiger partial charge in [-0.25, -0.2) is 0 Å². The predicted octanol–water partition coefficient (Wildman–Crippen LogP) is 1.57. The lowest BCUT2D eigenvalue weighted by Crippen LogP contribution is -2.30. The number of rotatable bonds is 7. The van der Waals surface area contributed by atoms with E-state index in [1.54, 1.807) is 0 Å². The van der Waals surface area contributed by atoms with Crippen molar-refractivity contribution in [3.05, 3.63) is 29.8 Å². The Morgan fingerprint density at radius 1 is 1.26 bits per heavy atom. The normalized spacial score (nSPS) is 11.7. The summed E-state index contributed by atoms with van der Waals surface area (Å²) >= 11 is 0. The summed E-state index contributed by atoms with van der Waals surface area (Å²) in [4.78, 5) is 22.0. The summed E-state index contributed by atoms with van der Waals surface area (Å²) in [6.07, 6.45) is -0.160. The van der Waals surface area contributed by atoms with E-state index in [1.165, 1.54) is 6.92 Å². The molecule has 5 heteroatoms. The van der Waals surface area contributed by atoms with Crippen LogP contribution < -0.4 is 10.5 Å². The number of carbonyl (C=O) groups excluding carboxylic acids is 2. The zero-order chi connectivity index (χ0) is 14.3. The fourth-order valence-electron chi connectivity index (χ4n) is 1.36. The molecule has 1 amide bonds. The molecular weight excluding hydrogens is 246 g/mol. The highest BCUT2D eigenvalue weighted by molar-refractivity contribution is 5.81. The van der Waals surface area contributed by atoms with Crippen LogP contribution in [-0.4, -0.2) is 24.6 Å². The first-order valence-electron chi connectivity index (χ1n) is 6.17. The standard InChI is InChI=1S/C14H19NO4/c1-10-5-7-12(8-6-10)18-9-3-4-13(16)19-11(2)14(15)17/h5-8,11H,3-4,9H2,1-2H3,(H2,15,17)/t11-/m1/s1. The fourth-order valence-corrected chi connectivity index (χ4v) is 1.36. The molecule has 0 aliphatic carbocycles. The number of aryl methyl sites for hydroxylation is 1. The molecule has 0 aliphatic heterocycles. The van der Waals surface area contributed by atoms with Crippen LogP contribution in [0.25, 0.3) is 0 Å². The van der Waals surface area contributed by atoms with Crippen molar-refractivity contribution < 1.29 is 19.1 Å². The first kappa shape index (κ1) is 15.0. The highest BCUT2D eigenvalue weighted by atomic mass is 16.5. The summed E-state index contributed by atoms with van der Waals surface area (Å²) in [5, 5.41) is 0. The van der Waals surface area contributed by atoms with E-state index in [9.17, 15) is 9.59 Å². The zero-order valence-electron chi connectivity index (χ0n) is 11.2. The minimum absolute atomic E-state index is 0.198. The second-order valence-corrected chi connectivity index (χ2v) is 4.30. The molecule has 0 spiro atoms. The molecule has 0 radical (unpaired) electrons. The third kappa shape index (κ3) is 5.90. The SMILES string of the molecule is Cc1ccc(OCCCC(=O)O[C@H](C)C(N)=O)cc1. The topological polar surface area (TPSA) is 78.6 Å². The molecule has 2 N–H and O–H groups in total. The quantitative estimate of drug-likeness (QED) is 0.599. The molecule has 19 heavy (non-hydrogen) atoms. The van der Waals surface area contributed by atoms with Gasteiger partial charge in [0.1, 0.15) is 5.75 Å². The van der Waals surface area contributed by atoms with Gasteiger partial charge in [-0.2, -0.15) is 0 Å². The summed E-state index contributed by atoms with van der Waals surface area (Å²) in [6.45, 7) is 3.87. The molecule has 0 bridgehead atoms. The smallest absolute Gasteiger partial charge is 0.306 e. The summed E-state index contributed by atoms with van der Waals surface area (Å²) in [5.74, 6) is -0.326. The third-order valence-corrected chi connectivity index (χ3v) is 2.52. The fraction of sp³-hybridized carbons (Fsp3) is 0.429. The second kappa shape index (κ2) is 7.41. The van der Waals surface area contributed by atoms with Gasteiger partial charge in [0.05, 0.1) is 6.61 Å². The Kier molecular flexibility index (Phi) is 5.85. The molecule has 104 valence electrons. The molecule has 0 fully saturated rings. The van der Waals surface area contributed by atoms with E-state index in [-0.39, 0.29) is 6.42 Å². The van der Waals surface area contributed by atoms with Crippen molar-refractivity contribution in [3.8, 4) is 5.75 Å². The van der Waals surface area contributed by atoms with Gasteiger partial charge >= 0.3 is 5.97 Å². The van der Waals surface area contributed by atoms with Gasteiger partial charge in [0.25, 0.3) is 5.91 Å². The van der Waals surface area contributed by atoms with Crippen molar-refractivity contribution >= 4 is 11.9 Å². The number of primary amides is 1. The number of esters is 1. The van der Waals surface area contributed by atoms with E-state index >= 15 is 0 Å². The number of hydrogen-bond donors (Lipinski definition) is 1. The minimum Gasteiger partial charge on any atom is -0.494 e. The van der Waals surface area contributed by atoms with E-state index in [4.69, 9.17) is 15.2 Å². The molecule has 0 aliphatic rings. The number of ether oxygens (including phenoxy) is 2. The Morgan fingerprint density at radius 2 is 1.89 bits per heavy atom. The van der Waals surface area contributed by atoms with Crippen molar-refractivity contribution in [1.29, 1.82) is 0 Å². The molecule has 1 atom stereocenters. The summed E-state index contributed by atoms with van der Waals surface area (Å²) in [6, 6.07) is 7.67. The first-order valence-corrected chi connectivity index (χ1v) is 6.17. The van der Waals surface area contributed by atoms with E-state index < -0.39 is 18.0 Å². The molecule has 1 aromatic rings. The van der Waals surface area contributed by atoms with Crippen LogP contribution in [0.4, 0.5) is 0 Å². The molecule has 0 saturated heterocycles. The highest BCUT2D eigenvalue weighted by Gasteiger charge is 2.13. The van der Waals surface area contributed by atoms with E-state index in [1.807, 2.05) is 31.2 Å². The zero-order valence-corrected chi connectivity index (χ0v) is 11.2. The van der Waals surface area contributed by atoms with Crippen molar-refractivity contribution in [2.24, 2.45) is 5.73 Å². The molecule has 0 unspecified atom stereocenters. The van der Waals surface area contributed by atoms with E-state index in [0.29, 0.717) is 13.0 Å². The number of hydrogen-bond acceptors (Lipinski definition) is 4. The Bertz CT molecular complexity index is 428. The number of nitrogens with two attached hydrogens (primary N) is 1. The van der Waals surface area contributed by atoms with Gasteiger partial charge in [0.15, 0.2) is 6.10 Å². The molecule has 5 nitrogen and oxygen atoms in total. The largest absolute Gasteiger partial charge is 0.494 e. The Hall–Kier alpha value is -2.04. The molecule has 1 aromatic carbocycles. The van der Waals surface area contributed by atoms with Gasteiger partial charge in [-0.3, -0.25) is 9.59 Å². The lowest BCUT2D eigenvalue weighted by atomic mass is 10.2. The average Bonchev–Trinajstić information content (AvgIpc) is 2.36. The van der Waals surface area contributed by atoms with Gasteiger partial charge in [-0.1, -0.05) is 17.7 Å². The van der Waals surface area contributed by atoms with Crippen LogP contribution >= 0.6 is 0 Å². The Morgan fingerprint density at radius 3 is 2.47 bits per heavy atom. The maximum absolute atomic E-state index is 11.3. The predicted molar refractivity (Wildman–Crippen MR) is 70.7 cm³/mol. The lowest BCUT2D eigenvalue weighted by Gasteiger charge is -2.10.